The summed E-state index contributed by atoms with van der Waals surface area (Å²) >= 11 is 0. The van der Waals surface area contributed by atoms with Crippen molar-refractivity contribution in [1.82, 2.24) is 9.88 Å². The topological polar surface area (TPSA) is 34.0 Å². The van der Waals surface area contributed by atoms with E-state index in [2.05, 4.69) is 5.32 Å². The van der Waals surface area contributed by atoms with Crippen LogP contribution >= 0.6 is 0 Å². The molecule has 1 aromatic heterocycles. The molecule has 96 valence electrons. The Kier molecular flexibility index (Phi) is 3.77. The van der Waals surface area contributed by atoms with Crippen molar-refractivity contribution >= 4 is 10.9 Å². The molecule has 0 atom stereocenters. The third-order valence-electron chi connectivity index (χ3n) is 3.13. The second-order valence-corrected chi connectivity index (χ2v) is 4.30. The lowest BCUT2D eigenvalue weighted by Crippen LogP contribution is -2.20. The van der Waals surface area contributed by atoms with Gasteiger partial charge in [-0.3, -0.25) is 4.79 Å². The number of rotatable bonds is 4. The standard InChI is InChI=1S/C14H17FN2O/c1-3-16-9-8-11-12(15)6-4-10-5-7-13(18)17(2)14(10)11/h4-7,16H,3,8-9H2,1-2H3. The molecule has 0 spiro atoms. The van der Waals surface area contributed by atoms with Crippen LogP contribution in [0.3, 0.4) is 0 Å². The lowest BCUT2D eigenvalue weighted by Gasteiger charge is -2.11. The van der Waals surface area contributed by atoms with E-state index in [9.17, 15) is 9.18 Å². The van der Waals surface area contributed by atoms with Gasteiger partial charge in [0.2, 0.25) is 0 Å². The van der Waals surface area contributed by atoms with Crippen LogP contribution in [0.25, 0.3) is 10.9 Å². The van der Waals surface area contributed by atoms with Crippen molar-refractivity contribution < 1.29 is 4.39 Å². The van der Waals surface area contributed by atoms with Gasteiger partial charge in [0, 0.05) is 18.7 Å². The summed E-state index contributed by atoms with van der Waals surface area (Å²) in [6.45, 7) is 3.57. The molecule has 0 amide bonds. The van der Waals surface area contributed by atoms with E-state index in [1.165, 1.54) is 16.7 Å². The number of pyridine rings is 1. The highest BCUT2D eigenvalue weighted by molar-refractivity contribution is 5.82. The third-order valence-corrected chi connectivity index (χ3v) is 3.13. The van der Waals surface area contributed by atoms with E-state index >= 15 is 0 Å². The first-order chi connectivity index (χ1) is 8.65. The molecule has 2 aromatic rings. The van der Waals surface area contributed by atoms with Crippen LogP contribution in [0.5, 0.6) is 0 Å². The molecule has 0 bridgehead atoms. The minimum absolute atomic E-state index is 0.113. The molecular weight excluding hydrogens is 231 g/mol. The van der Waals surface area contributed by atoms with E-state index in [1.807, 2.05) is 6.92 Å². The highest BCUT2D eigenvalue weighted by Gasteiger charge is 2.10. The summed E-state index contributed by atoms with van der Waals surface area (Å²) in [7, 11) is 1.68. The molecule has 0 aliphatic carbocycles. The summed E-state index contributed by atoms with van der Waals surface area (Å²) in [6.07, 6.45) is 0.578. The molecule has 3 nitrogen and oxygen atoms in total. The smallest absolute Gasteiger partial charge is 0.250 e. The van der Waals surface area contributed by atoms with Gasteiger partial charge in [-0.25, -0.2) is 4.39 Å². The highest BCUT2D eigenvalue weighted by atomic mass is 19.1. The molecule has 0 unspecified atom stereocenters. The van der Waals surface area contributed by atoms with Crippen LogP contribution in [-0.2, 0) is 13.5 Å². The zero-order valence-electron chi connectivity index (χ0n) is 10.7. The van der Waals surface area contributed by atoms with Gasteiger partial charge in [-0.15, -0.1) is 0 Å². The molecule has 0 aliphatic rings. The van der Waals surface area contributed by atoms with E-state index in [1.54, 1.807) is 19.2 Å². The van der Waals surface area contributed by atoms with Crippen molar-refractivity contribution in [1.29, 1.82) is 0 Å². The normalized spacial score (nSPS) is 11.1. The Morgan fingerprint density at radius 3 is 2.72 bits per heavy atom. The maximum Gasteiger partial charge on any atom is 0.250 e. The molecule has 2 rings (SSSR count). The lowest BCUT2D eigenvalue weighted by atomic mass is 10.1. The van der Waals surface area contributed by atoms with Crippen LogP contribution in [0.1, 0.15) is 12.5 Å². The van der Waals surface area contributed by atoms with Crippen molar-refractivity contribution in [2.45, 2.75) is 13.3 Å². The van der Waals surface area contributed by atoms with Gasteiger partial charge >= 0.3 is 0 Å². The number of halogens is 1. The number of likely N-dealkylation sites (N-methyl/N-ethyl adjacent to an activating group) is 1. The third kappa shape index (κ3) is 2.29. The molecule has 0 aliphatic heterocycles. The van der Waals surface area contributed by atoms with Gasteiger partial charge < -0.3 is 9.88 Å². The monoisotopic (exact) mass is 248 g/mol. The minimum Gasteiger partial charge on any atom is -0.317 e. The largest absolute Gasteiger partial charge is 0.317 e. The first-order valence-electron chi connectivity index (χ1n) is 6.13. The van der Waals surface area contributed by atoms with Gasteiger partial charge in [-0.1, -0.05) is 6.92 Å². The molecule has 18 heavy (non-hydrogen) atoms. The van der Waals surface area contributed by atoms with Crippen molar-refractivity contribution in [3.8, 4) is 0 Å². The molecule has 1 N–H and O–H groups in total. The second-order valence-electron chi connectivity index (χ2n) is 4.30. The van der Waals surface area contributed by atoms with Gasteiger partial charge in [0.25, 0.3) is 5.56 Å². The Balaban J connectivity index is 2.58. The van der Waals surface area contributed by atoms with Crippen LogP contribution < -0.4 is 10.9 Å². The Morgan fingerprint density at radius 1 is 1.28 bits per heavy atom. The Morgan fingerprint density at radius 2 is 2.00 bits per heavy atom. The summed E-state index contributed by atoms with van der Waals surface area (Å²) in [5.74, 6) is -0.249. The fraction of sp³-hybridized carbons (Fsp3) is 0.357. The van der Waals surface area contributed by atoms with Gasteiger partial charge in [0.1, 0.15) is 5.82 Å². The lowest BCUT2D eigenvalue weighted by molar-refractivity contribution is 0.602. The molecule has 0 saturated carbocycles. The number of benzene rings is 1. The summed E-state index contributed by atoms with van der Waals surface area (Å²) in [6, 6.07) is 6.43. The maximum atomic E-state index is 13.9. The van der Waals surface area contributed by atoms with E-state index in [-0.39, 0.29) is 11.4 Å². The van der Waals surface area contributed by atoms with Crippen molar-refractivity contribution in [2.75, 3.05) is 13.1 Å². The fourth-order valence-electron chi connectivity index (χ4n) is 2.17. The van der Waals surface area contributed by atoms with Crippen LogP contribution in [0.15, 0.2) is 29.1 Å². The molecule has 0 saturated heterocycles. The summed E-state index contributed by atoms with van der Waals surface area (Å²) < 4.78 is 15.4. The zero-order chi connectivity index (χ0) is 13.1. The van der Waals surface area contributed by atoms with Crippen LogP contribution in [-0.4, -0.2) is 17.7 Å². The Bertz CT molecular complexity index is 619. The minimum atomic E-state index is -0.249. The second kappa shape index (κ2) is 5.31. The molecule has 1 aromatic carbocycles. The van der Waals surface area contributed by atoms with E-state index in [4.69, 9.17) is 0 Å². The average Bonchev–Trinajstić information content (AvgIpc) is 2.36. The number of fused-ring (bicyclic) bond motifs is 1. The highest BCUT2D eigenvalue weighted by Crippen LogP contribution is 2.20. The van der Waals surface area contributed by atoms with Crippen molar-refractivity contribution in [3.63, 3.8) is 0 Å². The first kappa shape index (κ1) is 12.8. The van der Waals surface area contributed by atoms with Gasteiger partial charge in [-0.05, 0) is 43.1 Å². The van der Waals surface area contributed by atoms with Crippen molar-refractivity contribution in [2.24, 2.45) is 7.05 Å². The summed E-state index contributed by atoms with van der Waals surface area (Å²) in [5.41, 5.74) is 1.19. The first-order valence-corrected chi connectivity index (χ1v) is 6.13. The van der Waals surface area contributed by atoms with Gasteiger partial charge in [0.15, 0.2) is 0 Å². The number of aromatic nitrogens is 1. The van der Waals surface area contributed by atoms with Gasteiger partial charge in [0.05, 0.1) is 5.52 Å². The summed E-state index contributed by atoms with van der Waals surface area (Å²) in [4.78, 5) is 11.7. The number of nitrogens with one attached hydrogen (secondary N) is 1. The van der Waals surface area contributed by atoms with Crippen LogP contribution in [0.2, 0.25) is 0 Å². The Labute approximate surface area is 105 Å². The predicted molar refractivity (Wildman–Crippen MR) is 71.4 cm³/mol. The number of hydrogen-bond acceptors (Lipinski definition) is 2. The summed E-state index contributed by atoms with van der Waals surface area (Å²) in [5, 5.41) is 4.06. The number of nitrogens with zero attached hydrogens (tertiary/aromatic N) is 1. The molecule has 4 heteroatoms. The molecular formula is C14H17FN2O. The molecule has 1 heterocycles. The van der Waals surface area contributed by atoms with Crippen LogP contribution in [0.4, 0.5) is 4.39 Å². The molecule has 0 radical (unpaired) electrons. The zero-order valence-corrected chi connectivity index (χ0v) is 10.7. The van der Waals surface area contributed by atoms with Crippen molar-refractivity contribution in [3.05, 3.63) is 46.0 Å². The number of aryl methyl sites for hydroxylation is 1. The predicted octanol–water partition coefficient (Wildman–Crippen LogP) is 1.83. The average molecular weight is 248 g/mol. The SMILES string of the molecule is CCNCCc1c(F)ccc2ccc(=O)n(C)c12. The number of hydrogen-bond donors (Lipinski definition) is 1. The quantitative estimate of drug-likeness (QED) is 0.838. The van der Waals surface area contributed by atoms with Gasteiger partial charge in [-0.2, -0.15) is 0 Å². The Hall–Kier alpha value is -1.68. The van der Waals surface area contributed by atoms with E-state index in [0.29, 0.717) is 24.0 Å². The van der Waals surface area contributed by atoms with E-state index < -0.39 is 0 Å². The van der Waals surface area contributed by atoms with E-state index in [0.717, 1.165) is 11.9 Å². The van der Waals surface area contributed by atoms with Crippen LogP contribution in [0, 0.1) is 5.82 Å². The maximum absolute atomic E-state index is 13.9. The fourth-order valence-corrected chi connectivity index (χ4v) is 2.17. The molecule has 0 fully saturated rings.